The van der Waals surface area contributed by atoms with Crippen LogP contribution in [0.15, 0.2) is 21.0 Å². The van der Waals surface area contributed by atoms with Gasteiger partial charge in [-0.2, -0.15) is 0 Å². The summed E-state index contributed by atoms with van der Waals surface area (Å²) in [7, 11) is 3.68. The minimum absolute atomic E-state index is 0. The van der Waals surface area contributed by atoms with Crippen molar-refractivity contribution in [3.8, 4) is 5.75 Å². The summed E-state index contributed by atoms with van der Waals surface area (Å²) in [5.74, 6) is 1.09. The summed E-state index contributed by atoms with van der Waals surface area (Å²) in [6, 6.07) is 3.75. The van der Waals surface area contributed by atoms with Crippen molar-refractivity contribution in [3.05, 3.63) is 27.9 Å². The van der Waals surface area contributed by atoms with Gasteiger partial charge in [0, 0.05) is 43.2 Å². The number of piperazine rings is 1. The Labute approximate surface area is 150 Å². The largest absolute Gasteiger partial charge is 0.495 e. The number of aryl methyl sites for hydroxylation is 1. The van der Waals surface area contributed by atoms with Crippen LogP contribution in [-0.4, -0.2) is 56.0 Å². The van der Waals surface area contributed by atoms with E-state index in [0.717, 1.165) is 41.6 Å². The van der Waals surface area contributed by atoms with Crippen LogP contribution in [0.4, 0.5) is 0 Å². The summed E-state index contributed by atoms with van der Waals surface area (Å²) in [4.78, 5) is 16.8. The third-order valence-electron chi connectivity index (χ3n) is 4.20. The van der Waals surface area contributed by atoms with E-state index in [4.69, 9.17) is 9.15 Å². The monoisotopic (exact) mass is 402 g/mol. The maximum Gasteiger partial charge on any atom is 0.289 e. The topological polar surface area (TPSA) is 45.9 Å². The molecule has 0 saturated carbocycles. The maximum absolute atomic E-state index is 12.7. The number of nitrogens with zero attached hydrogens (tertiary/aromatic N) is 2. The van der Waals surface area contributed by atoms with Gasteiger partial charge < -0.3 is 19.0 Å². The Hall–Kier alpha value is -1.24. The fraction of sp³-hybridized carbons (Fsp3) is 0.438. The highest BCUT2D eigenvalue weighted by atomic mass is 79.9. The van der Waals surface area contributed by atoms with E-state index in [0.29, 0.717) is 17.1 Å². The van der Waals surface area contributed by atoms with Crippen LogP contribution in [0.2, 0.25) is 0 Å². The molecule has 0 bridgehead atoms. The van der Waals surface area contributed by atoms with Crippen molar-refractivity contribution in [2.24, 2.45) is 0 Å². The molecule has 0 unspecified atom stereocenters. The van der Waals surface area contributed by atoms with Gasteiger partial charge in [0.2, 0.25) is 0 Å². The number of benzene rings is 1. The zero-order chi connectivity index (χ0) is 15.9. The van der Waals surface area contributed by atoms with Gasteiger partial charge in [-0.25, -0.2) is 0 Å². The quantitative estimate of drug-likeness (QED) is 0.772. The Morgan fingerprint density at radius 2 is 1.91 bits per heavy atom. The lowest BCUT2D eigenvalue weighted by Gasteiger charge is -2.31. The highest BCUT2D eigenvalue weighted by molar-refractivity contribution is 9.10. The minimum atomic E-state index is -0.0307. The highest BCUT2D eigenvalue weighted by Gasteiger charge is 2.26. The Kier molecular flexibility index (Phi) is 5.60. The van der Waals surface area contributed by atoms with Crippen molar-refractivity contribution >= 4 is 45.2 Å². The number of carbonyl (C=O) groups is 1. The van der Waals surface area contributed by atoms with Crippen LogP contribution in [0.5, 0.6) is 5.75 Å². The molecule has 0 spiro atoms. The third-order valence-corrected chi connectivity index (χ3v) is 4.82. The molecule has 1 aromatic heterocycles. The number of ether oxygens (including phenoxy) is 1. The van der Waals surface area contributed by atoms with Gasteiger partial charge in [-0.05, 0) is 36.0 Å². The molecule has 126 valence electrons. The molecule has 7 heteroatoms. The Morgan fingerprint density at radius 1 is 1.26 bits per heavy atom. The lowest BCUT2D eigenvalue weighted by molar-refractivity contribution is 0.0634. The SMILES string of the molecule is COc1cc2oc(C(=O)N3CCN(C)CC3)c(C)c2cc1Br.Cl. The van der Waals surface area contributed by atoms with E-state index in [1.54, 1.807) is 7.11 Å². The average Bonchev–Trinajstić information content (AvgIpc) is 2.83. The maximum atomic E-state index is 12.7. The number of amides is 1. The first-order valence-electron chi connectivity index (χ1n) is 7.25. The van der Waals surface area contributed by atoms with Crippen LogP contribution in [0.3, 0.4) is 0 Å². The van der Waals surface area contributed by atoms with Crippen molar-refractivity contribution in [1.82, 2.24) is 9.80 Å². The molecule has 1 aliphatic rings. The molecule has 0 aliphatic carbocycles. The Bertz CT molecular complexity index is 724. The smallest absolute Gasteiger partial charge is 0.289 e. The molecule has 1 aliphatic heterocycles. The first-order chi connectivity index (χ1) is 10.5. The molecule has 1 amide bonds. The number of likely N-dealkylation sites (N-methyl/N-ethyl adjacent to an activating group) is 1. The van der Waals surface area contributed by atoms with Gasteiger partial charge in [0.05, 0.1) is 11.6 Å². The van der Waals surface area contributed by atoms with Crippen LogP contribution in [0.1, 0.15) is 16.1 Å². The number of methoxy groups -OCH3 is 1. The van der Waals surface area contributed by atoms with Gasteiger partial charge >= 0.3 is 0 Å². The summed E-state index contributed by atoms with van der Waals surface area (Å²) in [5, 5.41) is 0.935. The second-order valence-corrected chi connectivity index (χ2v) is 6.49. The predicted molar refractivity (Wildman–Crippen MR) is 95.9 cm³/mol. The van der Waals surface area contributed by atoms with Gasteiger partial charge in [0.15, 0.2) is 5.76 Å². The normalized spacial score (nSPS) is 15.6. The average molecular weight is 404 g/mol. The molecule has 2 heterocycles. The van der Waals surface area contributed by atoms with Gasteiger partial charge in [0.1, 0.15) is 11.3 Å². The summed E-state index contributed by atoms with van der Waals surface area (Å²) >= 11 is 3.47. The molecular weight excluding hydrogens is 384 g/mol. The summed E-state index contributed by atoms with van der Waals surface area (Å²) in [5.41, 5.74) is 1.55. The van der Waals surface area contributed by atoms with E-state index in [-0.39, 0.29) is 18.3 Å². The zero-order valence-electron chi connectivity index (χ0n) is 13.4. The first kappa shape index (κ1) is 18.1. The fourth-order valence-electron chi connectivity index (χ4n) is 2.73. The molecule has 1 fully saturated rings. The van der Waals surface area contributed by atoms with Crippen LogP contribution >= 0.6 is 28.3 Å². The number of halogens is 2. The molecule has 2 aromatic rings. The van der Waals surface area contributed by atoms with Gasteiger partial charge in [-0.3, -0.25) is 4.79 Å². The van der Waals surface area contributed by atoms with Crippen LogP contribution in [0.25, 0.3) is 11.0 Å². The molecule has 1 saturated heterocycles. The molecule has 23 heavy (non-hydrogen) atoms. The number of furan rings is 1. The van der Waals surface area contributed by atoms with Crippen molar-refractivity contribution in [2.75, 3.05) is 40.3 Å². The number of fused-ring (bicyclic) bond motifs is 1. The van der Waals surface area contributed by atoms with Gasteiger partial charge in [-0.1, -0.05) is 0 Å². The van der Waals surface area contributed by atoms with E-state index in [2.05, 4.69) is 27.9 Å². The molecular formula is C16H20BrClN2O3. The van der Waals surface area contributed by atoms with E-state index < -0.39 is 0 Å². The molecule has 3 rings (SSSR count). The number of carbonyl (C=O) groups excluding carboxylic acids is 1. The van der Waals surface area contributed by atoms with Crippen LogP contribution < -0.4 is 4.74 Å². The predicted octanol–water partition coefficient (Wildman–Crippen LogP) is 3.32. The molecule has 0 atom stereocenters. The lowest BCUT2D eigenvalue weighted by Crippen LogP contribution is -2.47. The number of hydrogen-bond acceptors (Lipinski definition) is 4. The molecule has 5 nitrogen and oxygen atoms in total. The summed E-state index contributed by atoms with van der Waals surface area (Å²) in [6.45, 7) is 5.18. The summed E-state index contributed by atoms with van der Waals surface area (Å²) < 4.78 is 12.0. The molecule has 0 radical (unpaired) electrons. The van der Waals surface area contributed by atoms with Gasteiger partial charge in [0.25, 0.3) is 5.91 Å². The van der Waals surface area contributed by atoms with E-state index >= 15 is 0 Å². The van der Waals surface area contributed by atoms with E-state index in [1.165, 1.54) is 0 Å². The lowest BCUT2D eigenvalue weighted by atomic mass is 10.1. The number of hydrogen-bond donors (Lipinski definition) is 0. The Balaban J connectivity index is 0.00000192. The van der Waals surface area contributed by atoms with Crippen LogP contribution in [-0.2, 0) is 0 Å². The summed E-state index contributed by atoms with van der Waals surface area (Å²) in [6.07, 6.45) is 0. The van der Waals surface area contributed by atoms with Crippen molar-refractivity contribution in [2.45, 2.75) is 6.92 Å². The second kappa shape index (κ2) is 7.11. The van der Waals surface area contributed by atoms with E-state index in [9.17, 15) is 4.79 Å². The van der Waals surface area contributed by atoms with Crippen molar-refractivity contribution < 1.29 is 13.9 Å². The molecule has 0 N–H and O–H groups in total. The van der Waals surface area contributed by atoms with Crippen LogP contribution in [0, 0.1) is 6.92 Å². The number of rotatable bonds is 2. The third kappa shape index (κ3) is 3.34. The molecule has 1 aromatic carbocycles. The van der Waals surface area contributed by atoms with Crippen molar-refractivity contribution in [1.29, 1.82) is 0 Å². The second-order valence-electron chi connectivity index (χ2n) is 5.63. The zero-order valence-corrected chi connectivity index (χ0v) is 15.8. The Morgan fingerprint density at radius 3 is 2.52 bits per heavy atom. The van der Waals surface area contributed by atoms with Crippen molar-refractivity contribution in [3.63, 3.8) is 0 Å². The van der Waals surface area contributed by atoms with Gasteiger partial charge in [-0.15, -0.1) is 12.4 Å². The standard InChI is InChI=1S/C16H19BrN2O3.ClH/c1-10-11-8-12(17)14(21-3)9-13(11)22-15(10)16(20)19-6-4-18(2)5-7-19;/h8-9H,4-7H2,1-3H3;1H. The first-order valence-corrected chi connectivity index (χ1v) is 8.05. The van der Waals surface area contributed by atoms with E-state index in [1.807, 2.05) is 24.0 Å². The highest BCUT2D eigenvalue weighted by Crippen LogP contribution is 2.35. The fourth-order valence-corrected chi connectivity index (χ4v) is 3.24. The minimum Gasteiger partial charge on any atom is -0.495 e.